The molecule has 2 fully saturated rings. The molecular weight excluding hydrogens is 584 g/mol. The van der Waals surface area contributed by atoms with E-state index in [1.807, 2.05) is 48.5 Å². The summed E-state index contributed by atoms with van der Waals surface area (Å²) in [4.78, 5) is 41.2. The molecule has 2 heterocycles. The molecule has 3 aromatic carbocycles. The molecule has 12 heteroatoms. The minimum Gasteiger partial charge on any atom is -0.465 e. The summed E-state index contributed by atoms with van der Waals surface area (Å²) in [7, 11) is -4.13. The minimum absolute atomic E-state index is 0.0737. The second-order valence-electron chi connectivity index (χ2n) is 11.3. The molecule has 44 heavy (non-hydrogen) atoms. The summed E-state index contributed by atoms with van der Waals surface area (Å²) in [6.07, 6.45) is 1.52. The Balaban J connectivity index is 1.30. The fourth-order valence-corrected chi connectivity index (χ4v) is 7.37. The van der Waals surface area contributed by atoms with Crippen molar-refractivity contribution in [3.05, 3.63) is 78.4 Å². The Morgan fingerprint density at radius 2 is 1.66 bits per heavy atom. The number of hydrogen-bond donors (Lipinski definition) is 3. The summed E-state index contributed by atoms with van der Waals surface area (Å²) in [5, 5.41) is 13.5. The van der Waals surface area contributed by atoms with Gasteiger partial charge in [0.2, 0.25) is 21.8 Å². The Kier molecular flexibility index (Phi) is 10.1. The van der Waals surface area contributed by atoms with Crippen LogP contribution in [0.15, 0.2) is 77.7 Å². The van der Waals surface area contributed by atoms with Crippen molar-refractivity contribution in [1.29, 1.82) is 0 Å². The van der Waals surface area contributed by atoms with Gasteiger partial charge in [-0.15, -0.1) is 0 Å². The van der Waals surface area contributed by atoms with E-state index in [0.717, 1.165) is 10.9 Å². The molecule has 2 aliphatic rings. The third-order valence-electron chi connectivity index (χ3n) is 8.27. The number of nitrogens with one attached hydrogen (secondary N) is 2. The number of sulfonamides is 1. The molecule has 0 aromatic heterocycles. The van der Waals surface area contributed by atoms with Crippen LogP contribution in [-0.2, 0) is 31.0 Å². The van der Waals surface area contributed by atoms with E-state index in [4.69, 9.17) is 4.74 Å². The molecule has 5 rings (SSSR count). The van der Waals surface area contributed by atoms with Crippen LogP contribution in [-0.4, -0.2) is 86.1 Å². The highest BCUT2D eigenvalue weighted by Gasteiger charge is 2.37. The average molecular weight is 623 g/mol. The van der Waals surface area contributed by atoms with E-state index in [1.54, 1.807) is 23.1 Å². The molecule has 3 atom stereocenters. The zero-order valence-corrected chi connectivity index (χ0v) is 25.2. The van der Waals surface area contributed by atoms with Gasteiger partial charge in [0.05, 0.1) is 24.0 Å². The van der Waals surface area contributed by atoms with Crippen molar-refractivity contribution < 1.29 is 32.6 Å². The highest BCUT2D eigenvalue weighted by Crippen LogP contribution is 2.24. The topological polar surface area (TPSA) is 145 Å². The van der Waals surface area contributed by atoms with E-state index in [-0.39, 0.29) is 43.1 Å². The quantitative estimate of drug-likeness (QED) is 0.298. The summed E-state index contributed by atoms with van der Waals surface area (Å²) < 4.78 is 35.9. The first-order valence-corrected chi connectivity index (χ1v) is 16.4. The van der Waals surface area contributed by atoms with Crippen LogP contribution in [0.25, 0.3) is 10.8 Å². The average Bonchev–Trinajstić information content (AvgIpc) is 3.51. The molecular formula is C32H38N4O7S. The van der Waals surface area contributed by atoms with Gasteiger partial charge in [0.1, 0.15) is 6.04 Å². The van der Waals surface area contributed by atoms with Gasteiger partial charge in [-0.1, -0.05) is 66.7 Å². The van der Waals surface area contributed by atoms with Crippen molar-refractivity contribution in [2.75, 3.05) is 32.8 Å². The maximum atomic E-state index is 14.0. The first-order chi connectivity index (χ1) is 21.2. The fourth-order valence-electron chi connectivity index (χ4n) is 5.97. The van der Waals surface area contributed by atoms with Gasteiger partial charge in [-0.3, -0.25) is 9.59 Å². The molecule has 2 saturated heterocycles. The maximum absolute atomic E-state index is 14.0. The number of amides is 3. The molecule has 3 unspecified atom stereocenters. The number of hydrogen-bond acceptors (Lipinski definition) is 6. The van der Waals surface area contributed by atoms with Gasteiger partial charge in [0.15, 0.2) is 0 Å². The van der Waals surface area contributed by atoms with Gasteiger partial charge < -0.3 is 25.0 Å². The second kappa shape index (κ2) is 14.2. The number of fused-ring (bicyclic) bond motifs is 1. The standard InChI is InChI=1S/C32H38N4O7S/c37-30(25-13-7-17-35(20-25)32(39)40)33-19-26-14-8-18-36(26)31(38)28(22-43-21-23-9-2-1-3-10-23)34-44(41,42)29-16-6-12-24-11-4-5-15-27(24)29/h1-6,9-12,15-16,25-26,28,34H,7-8,13-14,17-22H2,(H,33,37)(H,39,40). The number of carbonyl (C=O) groups is 3. The highest BCUT2D eigenvalue weighted by molar-refractivity contribution is 7.89. The predicted octanol–water partition coefficient (Wildman–Crippen LogP) is 3.20. The van der Waals surface area contributed by atoms with Gasteiger partial charge in [0, 0.05) is 37.6 Å². The van der Waals surface area contributed by atoms with Crippen LogP contribution in [0.4, 0.5) is 4.79 Å². The van der Waals surface area contributed by atoms with Gasteiger partial charge in [-0.25, -0.2) is 13.2 Å². The van der Waals surface area contributed by atoms with E-state index in [2.05, 4.69) is 10.0 Å². The van der Waals surface area contributed by atoms with Crippen LogP contribution >= 0.6 is 0 Å². The molecule has 0 bridgehead atoms. The molecule has 234 valence electrons. The number of carboxylic acid groups (broad SMARTS) is 1. The number of likely N-dealkylation sites (tertiary alicyclic amines) is 2. The van der Waals surface area contributed by atoms with Crippen molar-refractivity contribution in [3.8, 4) is 0 Å². The molecule has 2 aliphatic heterocycles. The van der Waals surface area contributed by atoms with Gasteiger partial charge in [-0.05, 0) is 42.7 Å². The van der Waals surface area contributed by atoms with Gasteiger partial charge >= 0.3 is 6.09 Å². The first-order valence-electron chi connectivity index (χ1n) is 14.9. The molecule has 0 spiro atoms. The zero-order valence-electron chi connectivity index (χ0n) is 24.4. The molecule has 3 amide bonds. The van der Waals surface area contributed by atoms with Crippen molar-refractivity contribution in [3.63, 3.8) is 0 Å². The molecule has 3 N–H and O–H groups in total. The van der Waals surface area contributed by atoms with Crippen molar-refractivity contribution >= 4 is 38.7 Å². The predicted molar refractivity (Wildman–Crippen MR) is 164 cm³/mol. The van der Waals surface area contributed by atoms with Crippen LogP contribution in [0.3, 0.4) is 0 Å². The molecule has 11 nitrogen and oxygen atoms in total. The van der Waals surface area contributed by atoms with Crippen molar-refractivity contribution in [1.82, 2.24) is 19.8 Å². The number of rotatable bonds is 11. The van der Waals surface area contributed by atoms with Crippen molar-refractivity contribution in [2.45, 2.75) is 49.3 Å². The van der Waals surface area contributed by atoms with Crippen LogP contribution in [0, 0.1) is 5.92 Å². The summed E-state index contributed by atoms with van der Waals surface area (Å²) in [6, 6.07) is 20.1. The monoisotopic (exact) mass is 622 g/mol. The molecule has 0 radical (unpaired) electrons. The SMILES string of the molecule is O=C(NCC1CCCN1C(=O)C(COCc1ccccc1)NS(=O)(=O)c1cccc2ccccc12)C1CCCN(C(=O)O)C1. The molecule has 3 aromatic rings. The summed E-state index contributed by atoms with van der Waals surface area (Å²) >= 11 is 0. The zero-order chi connectivity index (χ0) is 31.1. The minimum atomic E-state index is -4.13. The third kappa shape index (κ3) is 7.55. The molecule has 0 saturated carbocycles. The normalized spacial score (nSPS) is 19.5. The van der Waals surface area contributed by atoms with Crippen LogP contribution in [0.5, 0.6) is 0 Å². The number of carbonyl (C=O) groups excluding carboxylic acids is 2. The van der Waals surface area contributed by atoms with Crippen LogP contribution < -0.4 is 10.0 Å². The second-order valence-corrected chi connectivity index (χ2v) is 13.0. The fraction of sp³-hybridized carbons (Fsp3) is 0.406. The Hall–Kier alpha value is -4.00. The van der Waals surface area contributed by atoms with E-state index in [1.165, 1.54) is 11.0 Å². The third-order valence-corrected chi connectivity index (χ3v) is 9.80. The Labute approximate surface area is 257 Å². The lowest BCUT2D eigenvalue weighted by molar-refractivity contribution is -0.136. The Morgan fingerprint density at radius 3 is 2.45 bits per heavy atom. The summed E-state index contributed by atoms with van der Waals surface area (Å²) in [5.74, 6) is -1.11. The largest absolute Gasteiger partial charge is 0.465 e. The lowest BCUT2D eigenvalue weighted by Gasteiger charge is -2.32. The number of nitrogens with zero attached hydrogens (tertiary/aromatic N) is 2. The lowest BCUT2D eigenvalue weighted by Crippen LogP contribution is -2.54. The van der Waals surface area contributed by atoms with Crippen LogP contribution in [0.1, 0.15) is 31.2 Å². The first kappa shape index (κ1) is 31.4. The van der Waals surface area contributed by atoms with E-state index in [0.29, 0.717) is 44.2 Å². The van der Waals surface area contributed by atoms with E-state index in [9.17, 15) is 27.9 Å². The van der Waals surface area contributed by atoms with E-state index < -0.39 is 34.0 Å². The molecule has 0 aliphatic carbocycles. The maximum Gasteiger partial charge on any atom is 0.407 e. The number of piperidine rings is 1. The van der Waals surface area contributed by atoms with Crippen molar-refractivity contribution in [2.24, 2.45) is 5.92 Å². The van der Waals surface area contributed by atoms with Crippen LogP contribution in [0.2, 0.25) is 0 Å². The highest BCUT2D eigenvalue weighted by atomic mass is 32.2. The number of benzene rings is 3. The lowest BCUT2D eigenvalue weighted by atomic mass is 9.97. The Bertz CT molecular complexity index is 1580. The Morgan fingerprint density at radius 1 is 0.932 bits per heavy atom. The smallest absolute Gasteiger partial charge is 0.407 e. The van der Waals surface area contributed by atoms with Gasteiger partial charge in [0.25, 0.3) is 0 Å². The van der Waals surface area contributed by atoms with E-state index >= 15 is 0 Å². The van der Waals surface area contributed by atoms with Gasteiger partial charge in [-0.2, -0.15) is 4.72 Å². The summed E-state index contributed by atoms with van der Waals surface area (Å²) in [5.41, 5.74) is 0.890. The number of ether oxygens (including phenoxy) is 1. The summed E-state index contributed by atoms with van der Waals surface area (Å²) in [6.45, 7) is 1.19.